The maximum absolute atomic E-state index is 5.70. The van der Waals surface area contributed by atoms with Gasteiger partial charge in [-0.15, -0.1) is 0 Å². The summed E-state index contributed by atoms with van der Waals surface area (Å²) in [6.45, 7) is 2.48. The number of nitrogens with zero attached hydrogens (tertiary/aromatic N) is 1. The minimum absolute atomic E-state index is 0.585. The standard InChI is InChI=1S/C14H20N2O/c15-8-7-11-3-1-2-4-14(11)16(12-5-6-12)13-9-17-10-13/h1-4,12-13H,5-10,15H2. The Morgan fingerprint density at radius 3 is 2.53 bits per heavy atom. The average Bonchev–Trinajstić information content (AvgIpc) is 3.09. The Morgan fingerprint density at radius 1 is 1.18 bits per heavy atom. The van der Waals surface area contributed by atoms with Crippen LogP contribution in [0, 0.1) is 0 Å². The Morgan fingerprint density at radius 2 is 1.94 bits per heavy atom. The lowest BCUT2D eigenvalue weighted by molar-refractivity contribution is 0.00735. The van der Waals surface area contributed by atoms with Crippen LogP contribution in [-0.2, 0) is 11.2 Å². The summed E-state index contributed by atoms with van der Waals surface area (Å²) in [4.78, 5) is 2.58. The van der Waals surface area contributed by atoms with Gasteiger partial charge in [0.2, 0.25) is 0 Å². The lowest BCUT2D eigenvalue weighted by Crippen LogP contribution is -2.50. The molecule has 0 atom stereocenters. The van der Waals surface area contributed by atoms with E-state index in [4.69, 9.17) is 10.5 Å². The van der Waals surface area contributed by atoms with Crippen LogP contribution in [0.2, 0.25) is 0 Å². The second-order valence-electron chi connectivity index (χ2n) is 5.00. The summed E-state index contributed by atoms with van der Waals surface area (Å²) < 4.78 is 5.35. The molecule has 0 amide bonds. The first-order chi connectivity index (χ1) is 8.40. The Hall–Kier alpha value is -1.06. The molecule has 1 aliphatic heterocycles. The van der Waals surface area contributed by atoms with Crippen LogP contribution in [0.5, 0.6) is 0 Å². The largest absolute Gasteiger partial charge is 0.377 e. The van der Waals surface area contributed by atoms with E-state index in [2.05, 4.69) is 29.2 Å². The third-order valence-corrected chi connectivity index (χ3v) is 3.64. The van der Waals surface area contributed by atoms with Crippen molar-refractivity contribution < 1.29 is 4.74 Å². The minimum atomic E-state index is 0.585. The zero-order valence-corrected chi connectivity index (χ0v) is 10.1. The van der Waals surface area contributed by atoms with Gasteiger partial charge in [-0.3, -0.25) is 0 Å². The molecule has 3 rings (SSSR count). The number of ether oxygens (including phenoxy) is 1. The van der Waals surface area contributed by atoms with Gasteiger partial charge in [-0.2, -0.15) is 0 Å². The van der Waals surface area contributed by atoms with Gasteiger partial charge in [0, 0.05) is 11.7 Å². The van der Waals surface area contributed by atoms with Gasteiger partial charge >= 0.3 is 0 Å². The Balaban J connectivity index is 1.88. The molecule has 2 aliphatic rings. The van der Waals surface area contributed by atoms with Crippen molar-refractivity contribution in [1.29, 1.82) is 0 Å². The normalized spacial score (nSPS) is 20.1. The first-order valence-corrected chi connectivity index (χ1v) is 6.54. The van der Waals surface area contributed by atoms with E-state index in [1.807, 2.05) is 0 Å². The van der Waals surface area contributed by atoms with Crippen LogP contribution in [0.15, 0.2) is 24.3 Å². The van der Waals surface area contributed by atoms with Crippen molar-refractivity contribution in [3.05, 3.63) is 29.8 Å². The molecular weight excluding hydrogens is 212 g/mol. The molecule has 3 heteroatoms. The van der Waals surface area contributed by atoms with Crippen molar-refractivity contribution in [2.75, 3.05) is 24.7 Å². The number of nitrogens with two attached hydrogens (primary N) is 1. The van der Waals surface area contributed by atoms with Crippen molar-refractivity contribution in [3.8, 4) is 0 Å². The summed E-state index contributed by atoms with van der Waals surface area (Å²) in [5.41, 5.74) is 8.47. The third kappa shape index (κ3) is 2.17. The second-order valence-corrected chi connectivity index (χ2v) is 5.00. The van der Waals surface area contributed by atoms with Crippen LogP contribution in [0.4, 0.5) is 5.69 Å². The van der Waals surface area contributed by atoms with Gasteiger partial charge in [0.25, 0.3) is 0 Å². The van der Waals surface area contributed by atoms with Gasteiger partial charge in [0.15, 0.2) is 0 Å². The molecule has 1 saturated heterocycles. The number of anilines is 1. The zero-order chi connectivity index (χ0) is 11.7. The molecule has 0 radical (unpaired) electrons. The molecule has 1 aromatic carbocycles. The lowest BCUT2D eigenvalue weighted by Gasteiger charge is -2.40. The molecule has 1 aromatic rings. The Labute approximate surface area is 103 Å². The average molecular weight is 232 g/mol. The van der Waals surface area contributed by atoms with Crippen LogP contribution < -0.4 is 10.6 Å². The highest BCUT2D eigenvalue weighted by Gasteiger charge is 2.38. The molecule has 92 valence electrons. The molecule has 2 fully saturated rings. The van der Waals surface area contributed by atoms with Gasteiger partial charge in [-0.1, -0.05) is 18.2 Å². The lowest BCUT2D eigenvalue weighted by atomic mass is 10.1. The fourth-order valence-corrected chi connectivity index (χ4v) is 2.56. The molecule has 1 aliphatic carbocycles. The predicted molar refractivity (Wildman–Crippen MR) is 69.3 cm³/mol. The topological polar surface area (TPSA) is 38.5 Å². The Bertz CT molecular complexity index is 386. The maximum atomic E-state index is 5.70. The molecule has 1 heterocycles. The first kappa shape index (κ1) is 11.1. The summed E-state index contributed by atoms with van der Waals surface area (Å²) in [6.07, 6.45) is 3.62. The van der Waals surface area contributed by atoms with E-state index in [1.165, 1.54) is 24.1 Å². The minimum Gasteiger partial charge on any atom is -0.377 e. The van der Waals surface area contributed by atoms with Gasteiger partial charge in [-0.05, 0) is 37.4 Å². The fraction of sp³-hybridized carbons (Fsp3) is 0.571. The van der Waals surface area contributed by atoms with E-state index >= 15 is 0 Å². The Kier molecular flexibility index (Phi) is 3.04. The van der Waals surface area contributed by atoms with Crippen LogP contribution in [0.25, 0.3) is 0 Å². The number of hydrogen-bond donors (Lipinski definition) is 1. The second kappa shape index (κ2) is 4.67. The number of hydrogen-bond acceptors (Lipinski definition) is 3. The van der Waals surface area contributed by atoms with E-state index in [1.54, 1.807) is 0 Å². The summed E-state index contributed by atoms with van der Waals surface area (Å²) in [7, 11) is 0. The highest BCUT2D eigenvalue weighted by atomic mass is 16.5. The van der Waals surface area contributed by atoms with E-state index in [9.17, 15) is 0 Å². The van der Waals surface area contributed by atoms with Crippen LogP contribution in [-0.4, -0.2) is 31.8 Å². The van der Waals surface area contributed by atoms with Crippen molar-refractivity contribution in [2.24, 2.45) is 5.73 Å². The molecule has 2 N–H and O–H groups in total. The van der Waals surface area contributed by atoms with Crippen LogP contribution >= 0.6 is 0 Å². The van der Waals surface area contributed by atoms with Crippen molar-refractivity contribution in [3.63, 3.8) is 0 Å². The van der Waals surface area contributed by atoms with Crippen molar-refractivity contribution >= 4 is 5.69 Å². The van der Waals surface area contributed by atoms with Gasteiger partial charge in [-0.25, -0.2) is 0 Å². The van der Waals surface area contributed by atoms with E-state index in [0.29, 0.717) is 6.04 Å². The maximum Gasteiger partial charge on any atom is 0.0760 e. The van der Waals surface area contributed by atoms with Gasteiger partial charge < -0.3 is 15.4 Å². The molecule has 17 heavy (non-hydrogen) atoms. The first-order valence-electron chi connectivity index (χ1n) is 6.54. The monoisotopic (exact) mass is 232 g/mol. The fourth-order valence-electron chi connectivity index (χ4n) is 2.56. The molecular formula is C14H20N2O. The number of benzene rings is 1. The SMILES string of the molecule is NCCc1ccccc1N(C1CC1)C1COC1. The smallest absolute Gasteiger partial charge is 0.0760 e. The van der Waals surface area contributed by atoms with Crippen LogP contribution in [0.3, 0.4) is 0 Å². The van der Waals surface area contributed by atoms with E-state index in [-0.39, 0.29) is 0 Å². The summed E-state index contributed by atoms with van der Waals surface area (Å²) in [6, 6.07) is 10.0. The summed E-state index contributed by atoms with van der Waals surface area (Å²) in [5, 5.41) is 0. The third-order valence-electron chi connectivity index (χ3n) is 3.64. The number of para-hydroxylation sites is 1. The molecule has 0 bridgehead atoms. The molecule has 1 saturated carbocycles. The molecule has 3 nitrogen and oxygen atoms in total. The zero-order valence-electron chi connectivity index (χ0n) is 10.1. The highest BCUT2D eigenvalue weighted by molar-refractivity contribution is 5.56. The highest BCUT2D eigenvalue weighted by Crippen LogP contribution is 2.37. The van der Waals surface area contributed by atoms with E-state index < -0.39 is 0 Å². The molecule has 0 aromatic heterocycles. The molecule has 0 unspecified atom stereocenters. The molecule has 0 spiro atoms. The van der Waals surface area contributed by atoms with Crippen LogP contribution in [0.1, 0.15) is 18.4 Å². The summed E-state index contributed by atoms with van der Waals surface area (Å²) in [5.74, 6) is 0. The van der Waals surface area contributed by atoms with E-state index in [0.717, 1.165) is 32.2 Å². The van der Waals surface area contributed by atoms with Crippen molar-refractivity contribution in [1.82, 2.24) is 0 Å². The quantitative estimate of drug-likeness (QED) is 0.837. The predicted octanol–water partition coefficient (Wildman–Crippen LogP) is 1.56. The van der Waals surface area contributed by atoms with Crippen molar-refractivity contribution in [2.45, 2.75) is 31.3 Å². The summed E-state index contributed by atoms with van der Waals surface area (Å²) >= 11 is 0. The van der Waals surface area contributed by atoms with Gasteiger partial charge in [0.05, 0.1) is 19.3 Å². The van der Waals surface area contributed by atoms with Gasteiger partial charge in [0.1, 0.15) is 0 Å². The number of rotatable bonds is 5.